The maximum absolute atomic E-state index is 11.7. The molecule has 0 saturated carbocycles. The standard InChI is InChI=1S/C25H36N4O3/c1-6-9-24(30)29-21-13-10-19(11-14-21)17-27-25(26-5)28-18(4)20-12-15-22(31-7-2)23(16-20)32-8-3/h10-16,18H,6-9,17H2,1-5H3,(H,29,30)(H2,26,27,28). The SMILES string of the molecule is CCCC(=O)Nc1ccc(CNC(=NC)NC(C)c2ccc(OCC)c(OCC)c2)cc1. The lowest BCUT2D eigenvalue weighted by Crippen LogP contribution is -2.38. The molecule has 7 heteroatoms. The van der Waals surface area contributed by atoms with E-state index in [-0.39, 0.29) is 11.9 Å². The molecule has 0 aromatic heterocycles. The molecule has 32 heavy (non-hydrogen) atoms. The summed E-state index contributed by atoms with van der Waals surface area (Å²) in [5, 5.41) is 9.65. The highest BCUT2D eigenvalue weighted by molar-refractivity contribution is 5.90. The number of ether oxygens (including phenoxy) is 2. The Bertz CT molecular complexity index is 881. The minimum Gasteiger partial charge on any atom is -0.490 e. The second-order valence-corrected chi connectivity index (χ2v) is 7.36. The quantitative estimate of drug-likeness (QED) is 0.350. The number of carbonyl (C=O) groups is 1. The lowest BCUT2D eigenvalue weighted by Gasteiger charge is -2.20. The van der Waals surface area contributed by atoms with Gasteiger partial charge in [0, 0.05) is 25.7 Å². The van der Waals surface area contributed by atoms with Crippen molar-refractivity contribution in [3.8, 4) is 11.5 Å². The number of carbonyl (C=O) groups excluding carboxylic acids is 1. The second-order valence-electron chi connectivity index (χ2n) is 7.36. The Labute approximate surface area is 191 Å². The molecule has 1 atom stereocenters. The van der Waals surface area contributed by atoms with Crippen molar-refractivity contribution in [1.29, 1.82) is 0 Å². The van der Waals surface area contributed by atoms with Crippen LogP contribution in [0.25, 0.3) is 0 Å². The molecule has 0 aliphatic rings. The first-order valence-corrected chi connectivity index (χ1v) is 11.3. The van der Waals surface area contributed by atoms with Crippen molar-refractivity contribution in [3.05, 3.63) is 53.6 Å². The molecule has 0 spiro atoms. The number of guanidine groups is 1. The highest BCUT2D eigenvalue weighted by Crippen LogP contribution is 2.30. The highest BCUT2D eigenvalue weighted by atomic mass is 16.5. The van der Waals surface area contributed by atoms with E-state index in [0.717, 1.165) is 34.7 Å². The predicted molar refractivity (Wildman–Crippen MR) is 131 cm³/mol. The lowest BCUT2D eigenvalue weighted by atomic mass is 10.1. The molecule has 0 aliphatic heterocycles. The average Bonchev–Trinajstić information content (AvgIpc) is 2.79. The van der Waals surface area contributed by atoms with Crippen molar-refractivity contribution in [2.45, 2.75) is 53.1 Å². The maximum Gasteiger partial charge on any atom is 0.224 e. The number of hydrogen-bond donors (Lipinski definition) is 3. The van der Waals surface area contributed by atoms with Gasteiger partial charge in [0.2, 0.25) is 5.91 Å². The molecule has 0 fully saturated rings. The molecular formula is C25H36N4O3. The molecule has 0 bridgehead atoms. The van der Waals surface area contributed by atoms with Crippen LogP contribution in [0.2, 0.25) is 0 Å². The van der Waals surface area contributed by atoms with E-state index < -0.39 is 0 Å². The molecule has 1 amide bonds. The van der Waals surface area contributed by atoms with E-state index in [2.05, 4.69) is 27.9 Å². The highest BCUT2D eigenvalue weighted by Gasteiger charge is 2.12. The Morgan fingerprint density at radius 1 is 1.00 bits per heavy atom. The summed E-state index contributed by atoms with van der Waals surface area (Å²) in [5.41, 5.74) is 2.98. The molecule has 174 valence electrons. The van der Waals surface area contributed by atoms with Crippen molar-refractivity contribution in [2.75, 3.05) is 25.6 Å². The number of amides is 1. The fourth-order valence-corrected chi connectivity index (χ4v) is 3.16. The molecule has 0 aliphatic carbocycles. The third-order valence-electron chi connectivity index (χ3n) is 4.82. The van der Waals surface area contributed by atoms with E-state index in [1.807, 2.05) is 63.2 Å². The van der Waals surface area contributed by atoms with Gasteiger partial charge < -0.3 is 25.4 Å². The zero-order valence-electron chi connectivity index (χ0n) is 19.8. The summed E-state index contributed by atoms with van der Waals surface area (Å²) in [6.45, 7) is 9.77. The summed E-state index contributed by atoms with van der Waals surface area (Å²) in [6, 6.07) is 13.8. The monoisotopic (exact) mass is 440 g/mol. The van der Waals surface area contributed by atoms with Gasteiger partial charge in [0.25, 0.3) is 0 Å². The van der Waals surface area contributed by atoms with E-state index >= 15 is 0 Å². The van der Waals surface area contributed by atoms with E-state index in [9.17, 15) is 4.79 Å². The summed E-state index contributed by atoms with van der Waals surface area (Å²) in [7, 11) is 1.75. The summed E-state index contributed by atoms with van der Waals surface area (Å²) in [6.07, 6.45) is 1.37. The van der Waals surface area contributed by atoms with E-state index in [0.29, 0.717) is 32.1 Å². The third-order valence-corrected chi connectivity index (χ3v) is 4.82. The van der Waals surface area contributed by atoms with Crippen LogP contribution < -0.4 is 25.4 Å². The molecule has 2 aromatic carbocycles. The van der Waals surface area contributed by atoms with Gasteiger partial charge in [0.1, 0.15) is 0 Å². The van der Waals surface area contributed by atoms with Gasteiger partial charge in [0.15, 0.2) is 17.5 Å². The van der Waals surface area contributed by atoms with Crippen molar-refractivity contribution >= 4 is 17.6 Å². The van der Waals surface area contributed by atoms with Crippen LogP contribution in [0.4, 0.5) is 5.69 Å². The van der Waals surface area contributed by atoms with Crippen molar-refractivity contribution in [3.63, 3.8) is 0 Å². The van der Waals surface area contributed by atoms with Gasteiger partial charge in [-0.2, -0.15) is 0 Å². The molecule has 2 rings (SSSR count). The number of benzene rings is 2. The summed E-state index contributed by atoms with van der Waals surface area (Å²) in [5.74, 6) is 2.24. The number of hydrogen-bond acceptors (Lipinski definition) is 4. The zero-order chi connectivity index (χ0) is 23.3. The van der Waals surface area contributed by atoms with Crippen LogP contribution >= 0.6 is 0 Å². The summed E-state index contributed by atoms with van der Waals surface area (Å²) < 4.78 is 11.4. The Balaban J connectivity index is 1.94. The van der Waals surface area contributed by atoms with Gasteiger partial charge in [-0.15, -0.1) is 0 Å². The van der Waals surface area contributed by atoms with Crippen LogP contribution in [0.5, 0.6) is 11.5 Å². The third kappa shape index (κ3) is 7.80. The van der Waals surface area contributed by atoms with Crippen LogP contribution in [0.3, 0.4) is 0 Å². The normalized spacial score (nSPS) is 12.1. The molecule has 3 N–H and O–H groups in total. The fourth-order valence-electron chi connectivity index (χ4n) is 3.16. The summed E-state index contributed by atoms with van der Waals surface area (Å²) >= 11 is 0. The Kier molecular flexibility index (Phi) is 10.4. The number of aliphatic imine (C=N–C) groups is 1. The van der Waals surface area contributed by atoms with Gasteiger partial charge >= 0.3 is 0 Å². The number of rotatable bonds is 11. The molecule has 0 saturated heterocycles. The molecular weight excluding hydrogens is 404 g/mol. The van der Waals surface area contributed by atoms with Gasteiger partial charge in [0.05, 0.1) is 19.3 Å². The van der Waals surface area contributed by atoms with Gasteiger partial charge in [-0.1, -0.05) is 25.1 Å². The molecule has 1 unspecified atom stereocenters. The van der Waals surface area contributed by atoms with Crippen LogP contribution in [-0.2, 0) is 11.3 Å². The first-order valence-electron chi connectivity index (χ1n) is 11.3. The summed E-state index contributed by atoms with van der Waals surface area (Å²) in [4.78, 5) is 16.1. The Morgan fingerprint density at radius 2 is 1.69 bits per heavy atom. The fraction of sp³-hybridized carbons (Fsp3) is 0.440. The molecule has 0 heterocycles. The Morgan fingerprint density at radius 3 is 2.31 bits per heavy atom. The van der Waals surface area contributed by atoms with E-state index in [1.54, 1.807) is 7.05 Å². The van der Waals surface area contributed by atoms with Crippen LogP contribution in [-0.4, -0.2) is 32.1 Å². The van der Waals surface area contributed by atoms with Gasteiger partial charge in [-0.3, -0.25) is 9.79 Å². The topological polar surface area (TPSA) is 84.0 Å². The average molecular weight is 441 g/mol. The first-order chi connectivity index (χ1) is 15.5. The van der Waals surface area contributed by atoms with E-state index in [1.165, 1.54) is 0 Å². The van der Waals surface area contributed by atoms with Crippen molar-refractivity contribution < 1.29 is 14.3 Å². The van der Waals surface area contributed by atoms with Crippen LogP contribution in [0.1, 0.15) is 57.7 Å². The van der Waals surface area contributed by atoms with Gasteiger partial charge in [-0.05, 0) is 62.6 Å². The lowest BCUT2D eigenvalue weighted by molar-refractivity contribution is -0.116. The second kappa shape index (κ2) is 13.2. The Hall–Kier alpha value is -3.22. The minimum atomic E-state index is 0.0206. The van der Waals surface area contributed by atoms with Crippen LogP contribution in [0.15, 0.2) is 47.5 Å². The predicted octanol–water partition coefficient (Wildman–Crippen LogP) is 4.65. The minimum absolute atomic E-state index is 0.0206. The first kappa shape index (κ1) is 25.0. The largest absolute Gasteiger partial charge is 0.490 e. The zero-order valence-corrected chi connectivity index (χ0v) is 19.8. The molecule has 0 radical (unpaired) electrons. The number of nitrogens with zero attached hydrogens (tertiary/aromatic N) is 1. The molecule has 2 aromatic rings. The van der Waals surface area contributed by atoms with Crippen LogP contribution in [0, 0.1) is 0 Å². The number of anilines is 1. The smallest absolute Gasteiger partial charge is 0.224 e. The maximum atomic E-state index is 11.7. The van der Waals surface area contributed by atoms with Crippen molar-refractivity contribution in [1.82, 2.24) is 10.6 Å². The van der Waals surface area contributed by atoms with Gasteiger partial charge in [-0.25, -0.2) is 0 Å². The number of nitrogens with one attached hydrogen (secondary N) is 3. The molecule has 7 nitrogen and oxygen atoms in total. The van der Waals surface area contributed by atoms with E-state index in [4.69, 9.17) is 9.47 Å². The van der Waals surface area contributed by atoms with Crippen molar-refractivity contribution in [2.24, 2.45) is 4.99 Å².